The van der Waals surface area contributed by atoms with Gasteiger partial charge in [0, 0.05) is 37.1 Å². The average molecular weight is 728 g/mol. The quantitative estimate of drug-likeness (QED) is 0.182. The minimum Gasteiger partial charge on any atom is -0.444 e. The van der Waals surface area contributed by atoms with Gasteiger partial charge in [0.15, 0.2) is 0 Å². The summed E-state index contributed by atoms with van der Waals surface area (Å²) in [7, 11) is -0.910. The molecule has 1 saturated heterocycles. The predicted octanol–water partition coefficient (Wildman–Crippen LogP) is 8.02. The van der Waals surface area contributed by atoms with Crippen LogP contribution in [0.15, 0.2) is 60.7 Å². The molecule has 6 nitrogen and oxygen atoms in total. The first kappa shape index (κ1) is 35.3. The molecule has 250 valence electrons. The lowest BCUT2D eigenvalue weighted by Gasteiger charge is -2.48. The van der Waals surface area contributed by atoms with E-state index >= 15 is 0 Å². The number of fused-ring (bicyclic) bond motifs is 1. The van der Waals surface area contributed by atoms with Crippen molar-refractivity contribution in [2.24, 2.45) is 5.41 Å². The molecule has 0 bridgehead atoms. The number of carbonyl (C=O) groups is 1. The lowest BCUT2D eigenvalue weighted by molar-refractivity contribution is -0.00688. The van der Waals surface area contributed by atoms with Crippen molar-refractivity contribution in [1.82, 2.24) is 9.88 Å². The maximum atomic E-state index is 12.8. The van der Waals surface area contributed by atoms with Crippen molar-refractivity contribution in [2.75, 3.05) is 26.8 Å². The topological polar surface area (TPSA) is 60.9 Å². The highest BCUT2D eigenvalue weighted by atomic mass is 79.9. The summed E-state index contributed by atoms with van der Waals surface area (Å²) in [6.45, 7) is 19.1. The smallest absolute Gasteiger partial charge is 0.410 e. The van der Waals surface area contributed by atoms with E-state index in [0.29, 0.717) is 19.7 Å². The highest BCUT2D eigenvalue weighted by Gasteiger charge is 2.53. The molecule has 46 heavy (non-hydrogen) atoms. The molecule has 3 aromatic rings. The summed E-state index contributed by atoms with van der Waals surface area (Å²) in [5.41, 5.74) is 0.203. The number of aromatic nitrogens is 1. The highest BCUT2D eigenvalue weighted by molar-refractivity contribution is 9.09. The molecule has 2 aliphatic rings. The molecule has 2 atom stereocenters. The Balaban J connectivity index is 1.42. The van der Waals surface area contributed by atoms with Crippen LogP contribution in [0.2, 0.25) is 5.04 Å². The molecule has 0 radical (unpaired) electrons. The maximum Gasteiger partial charge on any atom is 0.410 e. The molecule has 2 heterocycles. The van der Waals surface area contributed by atoms with Gasteiger partial charge in [0.1, 0.15) is 16.7 Å². The van der Waals surface area contributed by atoms with Crippen molar-refractivity contribution in [2.45, 2.75) is 102 Å². The summed E-state index contributed by atoms with van der Waals surface area (Å²) in [4.78, 5) is 21.4. The minimum atomic E-state index is -2.70. The van der Waals surface area contributed by atoms with Crippen LogP contribution in [0.1, 0.15) is 89.9 Å². The average Bonchev–Trinajstić information content (AvgIpc) is 3.42. The van der Waals surface area contributed by atoms with Gasteiger partial charge in [-0.1, -0.05) is 111 Å². The van der Waals surface area contributed by atoms with Gasteiger partial charge >= 0.3 is 6.09 Å². The summed E-state index contributed by atoms with van der Waals surface area (Å²) in [6.07, 6.45) is 2.31. The minimum absolute atomic E-state index is 0.0223. The Morgan fingerprint density at radius 3 is 1.98 bits per heavy atom. The van der Waals surface area contributed by atoms with Crippen LogP contribution >= 0.6 is 27.3 Å². The van der Waals surface area contributed by atoms with Gasteiger partial charge in [-0.15, -0.1) is 11.3 Å². The Morgan fingerprint density at radius 2 is 1.50 bits per heavy atom. The number of nitrogens with zero attached hydrogens (tertiary/aromatic N) is 2. The summed E-state index contributed by atoms with van der Waals surface area (Å²) in [6, 6.07) is 21.7. The number of amides is 1. The molecule has 1 aliphatic heterocycles. The lowest BCUT2D eigenvalue weighted by Crippen LogP contribution is -2.67. The molecule has 5 rings (SSSR count). The molecule has 1 fully saturated rings. The summed E-state index contributed by atoms with van der Waals surface area (Å²) in [5, 5.41) is 3.55. The van der Waals surface area contributed by atoms with Gasteiger partial charge in [-0.05, 0) is 60.9 Å². The van der Waals surface area contributed by atoms with Crippen molar-refractivity contribution in [3.63, 3.8) is 0 Å². The fourth-order valence-corrected chi connectivity index (χ4v) is 14.3. The van der Waals surface area contributed by atoms with Crippen LogP contribution < -0.4 is 10.4 Å². The van der Waals surface area contributed by atoms with E-state index in [2.05, 4.69) is 111 Å². The van der Waals surface area contributed by atoms with Crippen LogP contribution in [0.25, 0.3) is 0 Å². The molecule has 1 spiro atoms. The maximum absolute atomic E-state index is 12.8. The van der Waals surface area contributed by atoms with Crippen LogP contribution in [-0.4, -0.2) is 61.5 Å². The number of hydrogen-bond donors (Lipinski definition) is 0. The van der Waals surface area contributed by atoms with E-state index in [9.17, 15) is 4.79 Å². The Morgan fingerprint density at radius 1 is 0.957 bits per heavy atom. The summed E-state index contributed by atoms with van der Waals surface area (Å²) < 4.78 is 19.2. The van der Waals surface area contributed by atoms with Crippen LogP contribution in [-0.2, 0) is 25.7 Å². The number of hydrogen-bond acceptors (Lipinski definition) is 6. The SMILES string of the molecule is COC1c2nc(C(C)(C)CO[Si](c3ccccc3)(c3ccccc3)C(C)(C)C)sc2CC2(CCN(C(=O)OC(C)(C)C)CC2)C1Br. The molecule has 1 aliphatic carbocycles. The number of carbonyl (C=O) groups excluding carboxylic acids is 1. The van der Waals surface area contributed by atoms with Crippen molar-refractivity contribution >= 4 is 52.1 Å². The molecule has 2 aromatic carbocycles. The second-order valence-corrected chi connectivity index (χ2v) is 22.1. The summed E-state index contributed by atoms with van der Waals surface area (Å²) in [5.74, 6) is 0. The third-order valence-corrected chi connectivity index (χ3v) is 17.5. The molecular weight excluding hydrogens is 676 g/mol. The van der Waals surface area contributed by atoms with E-state index in [0.717, 1.165) is 30.0 Å². The molecule has 9 heteroatoms. The fourth-order valence-electron chi connectivity index (χ4n) is 7.14. The normalized spacial score (nSPS) is 20.4. The third-order valence-electron chi connectivity index (χ3n) is 9.67. The predicted molar refractivity (Wildman–Crippen MR) is 194 cm³/mol. The Hall–Kier alpha value is -2.04. The number of methoxy groups -OCH3 is 1. The molecule has 1 aromatic heterocycles. The second-order valence-electron chi connectivity index (χ2n) is 15.7. The number of ether oxygens (including phenoxy) is 2. The van der Waals surface area contributed by atoms with Crippen LogP contribution in [0.3, 0.4) is 0 Å². The number of rotatable bonds is 7. The van der Waals surface area contributed by atoms with E-state index in [1.807, 2.05) is 37.0 Å². The Bertz CT molecular complexity index is 1450. The number of piperidine rings is 1. The monoisotopic (exact) mass is 726 g/mol. The molecule has 1 amide bonds. The molecular formula is C37H51BrN2O4SSi. The standard InChI is InChI=1S/C37H51BrN2O4SSi/c1-34(2,3)44-33(41)40-22-20-37(21-23-40)24-28-29(30(42-9)31(37)38)39-32(45-28)36(7,8)25-43-46(35(4,5)6,26-16-12-10-13-17-26)27-18-14-11-15-19-27/h10-19,30-31H,20-25H2,1-9H3. The van der Waals surface area contributed by atoms with Gasteiger partial charge < -0.3 is 18.8 Å². The number of thiazole rings is 1. The molecule has 0 N–H and O–H groups in total. The van der Waals surface area contributed by atoms with Crippen molar-refractivity contribution in [3.8, 4) is 0 Å². The van der Waals surface area contributed by atoms with Gasteiger partial charge in [-0.25, -0.2) is 9.78 Å². The van der Waals surface area contributed by atoms with Gasteiger partial charge in [0.2, 0.25) is 0 Å². The molecule has 2 unspecified atom stereocenters. The van der Waals surface area contributed by atoms with Gasteiger partial charge in [0.25, 0.3) is 8.32 Å². The van der Waals surface area contributed by atoms with Crippen molar-refractivity contribution in [3.05, 3.63) is 76.2 Å². The van der Waals surface area contributed by atoms with Crippen molar-refractivity contribution < 1.29 is 18.7 Å². The number of halogens is 1. The first-order valence-electron chi connectivity index (χ1n) is 16.4. The number of benzene rings is 2. The lowest BCUT2D eigenvalue weighted by atomic mass is 9.68. The fraction of sp³-hybridized carbons (Fsp3) is 0.568. The number of likely N-dealkylation sites (tertiary alicyclic amines) is 1. The van der Waals surface area contributed by atoms with Crippen molar-refractivity contribution in [1.29, 1.82) is 0 Å². The van der Waals surface area contributed by atoms with Crippen LogP contribution in [0.5, 0.6) is 0 Å². The zero-order chi connectivity index (χ0) is 33.5. The Kier molecular flexibility index (Phi) is 10.0. The Labute approximate surface area is 289 Å². The zero-order valence-corrected chi connectivity index (χ0v) is 32.4. The van der Waals surface area contributed by atoms with E-state index < -0.39 is 13.9 Å². The van der Waals surface area contributed by atoms with Gasteiger partial charge in [-0.3, -0.25) is 0 Å². The van der Waals surface area contributed by atoms with E-state index in [1.54, 1.807) is 7.11 Å². The summed E-state index contributed by atoms with van der Waals surface area (Å²) >= 11 is 5.90. The first-order chi connectivity index (χ1) is 21.5. The third kappa shape index (κ3) is 6.77. The molecule has 0 saturated carbocycles. The second kappa shape index (κ2) is 13.1. The van der Waals surface area contributed by atoms with E-state index in [4.69, 9.17) is 18.9 Å². The van der Waals surface area contributed by atoms with E-state index in [-0.39, 0.29) is 32.9 Å². The zero-order valence-electron chi connectivity index (χ0n) is 29.0. The van der Waals surface area contributed by atoms with E-state index in [1.165, 1.54) is 15.3 Å². The number of alkyl halides is 1. The van der Waals surface area contributed by atoms with Gasteiger partial charge in [-0.2, -0.15) is 0 Å². The van der Waals surface area contributed by atoms with Crippen LogP contribution in [0, 0.1) is 5.41 Å². The van der Waals surface area contributed by atoms with Gasteiger partial charge in [0.05, 0.1) is 10.5 Å². The van der Waals surface area contributed by atoms with Crippen LogP contribution in [0.4, 0.5) is 4.79 Å². The largest absolute Gasteiger partial charge is 0.444 e. The highest BCUT2D eigenvalue weighted by Crippen LogP contribution is 2.54. The first-order valence-corrected chi connectivity index (χ1v) is 20.1.